The maximum atomic E-state index is 13.5. The first kappa shape index (κ1) is 31.9. The van der Waals surface area contributed by atoms with E-state index in [1.807, 2.05) is 170 Å². The smallest absolute Gasteiger partial charge is 0.238 e. The number of benzene rings is 6. The lowest BCUT2D eigenvalue weighted by molar-refractivity contribution is -0.126. The van der Waals surface area contributed by atoms with Crippen LogP contribution in [0, 0.1) is 0 Å². The summed E-state index contributed by atoms with van der Waals surface area (Å²) in [5.41, 5.74) is 6.95. The van der Waals surface area contributed by atoms with Gasteiger partial charge in [0.05, 0.1) is 24.4 Å². The van der Waals surface area contributed by atoms with Gasteiger partial charge in [0.2, 0.25) is 17.7 Å². The summed E-state index contributed by atoms with van der Waals surface area (Å²) >= 11 is 0. The zero-order chi connectivity index (χ0) is 33.1. The number of hydrogen-bond acceptors (Lipinski definition) is 3. The first-order valence-corrected chi connectivity index (χ1v) is 16.1. The van der Waals surface area contributed by atoms with Gasteiger partial charge in [-0.2, -0.15) is 0 Å². The van der Waals surface area contributed by atoms with Crippen LogP contribution in [0.4, 0.5) is 11.4 Å². The molecule has 0 fully saturated rings. The molecule has 0 spiro atoms. The van der Waals surface area contributed by atoms with Crippen molar-refractivity contribution in [3.8, 4) is 0 Å². The average molecular weight is 629 g/mol. The molecule has 236 valence electrons. The first-order valence-electron chi connectivity index (χ1n) is 16.1. The van der Waals surface area contributed by atoms with Crippen molar-refractivity contribution in [1.29, 1.82) is 0 Å². The summed E-state index contributed by atoms with van der Waals surface area (Å²) in [5, 5.41) is 3.10. The number of carbonyl (C=O) groups excluding carboxylic acids is 3. The maximum absolute atomic E-state index is 13.5. The van der Waals surface area contributed by atoms with Gasteiger partial charge >= 0.3 is 0 Å². The minimum absolute atomic E-state index is 0.0936. The molecular formula is C43H36N2O3. The van der Waals surface area contributed by atoms with Crippen LogP contribution >= 0.6 is 0 Å². The van der Waals surface area contributed by atoms with Crippen molar-refractivity contribution in [1.82, 2.24) is 0 Å². The van der Waals surface area contributed by atoms with Crippen LogP contribution in [0.1, 0.15) is 39.3 Å². The molecule has 1 N–H and O–H groups in total. The molecule has 0 saturated heterocycles. The summed E-state index contributed by atoms with van der Waals surface area (Å²) in [5.74, 6) is -1.06. The van der Waals surface area contributed by atoms with Crippen molar-refractivity contribution in [3.05, 3.63) is 203 Å². The molecule has 0 bridgehead atoms. The zero-order valence-electron chi connectivity index (χ0n) is 26.5. The molecule has 5 nitrogen and oxygen atoms in total. The van der Waals surface area contributed by atoms with Crippen LogP contribution in [-0.2, 0) is 33.6 Å². The number of carbonyl (C=O) groups is 3. The second-order valence-corrected chi connectivity index (χ2v) is 11.7. The largest absolute Gasteiger partial charge is 0.325 e. The van der Waals surface area contributed by atoms with Gasteiger partial charge in [-0.15, -0.1) is 0 Å². The van der Waals surface area contributed by atoms with Crippen LogP contribution in [0.2, 0.25) is 0 Å². The van der Waals surface area contributed by atoms with Gasteiger partial charge in [0, 0.05) is 5.69 Å². The third-order valence-electron chi connectivity index (χ3n) is 8.25. The van der Waals surface area contributed by atoms with Crippen molar-refractivity contribution in [3.63, 3.8) is 0 Å². The average Bonchev–Trinajstić information content (AvgIpc) is 3.12. The molecule has 0 aliphatic rings. The lowest BCUT2D eigenvalue weighted by Gasteiger charge is -2.22. The van der Waals surface area contributed by atoms with Crippen LogP contribution < -0.4 is 10.2 Å². The second-order valence-electron chi connectivity index (χ2n) is 11.7. The molecule has 0 saturated carbocycles. The van der Waals surface area contributed by atoms with Gasteiger partial charge in [-0.25, -0.2) is 0 Å². The summed E-state index contributed by atoms with van der Waals surface area (Å²) < 4.78 is 0. The monoisotopic (exact) mass is 628 g/mol. The maximum Gasteiger partial charge on any atom is 0.238 e. The van der Waals surface area contributed by atoms with E-state index >= 15 is 0 Å². The molecule has 0 aromatic heterocycles. The molecular weight excluding hydrogens is 592 g/mol. The number of amides is 3. The van der Waals surface area contributed by atoms with Crippen LogP contribution in [0.5, 0.6) is 0 Å². The van der Waals surface area contributed by atoms with E-state index in [2.05, 4.69) is 5.32 Å². The molecule has 6 rings (SSSR count). The predicted molar refractivity (Wildman–Crippen MR) is 192 cm³/mol. The van der Waals surface area contributed by atoms with Crippen molar-refractivity contribution in [2.45, 2.75) is 25.2 Å². The van der Waals surface area contributed by atoms with E-state index in [0.717, 1.165) is 39.1 Å². The van der Waals surface area contributed by atoms with Gasteiger partial charge in [-0.1, -0.05) is 146 Å². The number of nitrogens with one attached hydrogen (secondary N) is 1. The number of imide groups is 1. The zero-order valence-corrected chi connectivity index (χ0v) is 26.5. The highest BCUT2D eigenvalue weighted by Crippen LogP contribution is 2.27. The topological polar surface area (TPSA) is 66.5 Å². The summed E-state index contributed by atoms with van der Waals surface area (Å²) in [6.07, 6.45) is 0.911. The summed E-state index contributed by atoms with van der Waals surface area (Å²) in [4.78, 5) is 41.8. The second kappa shape index (κ2) is 15.5. The van der Waals surface area contributed by atoms with E-state index in [4.69, 9.17) is 0 Å². The number of hydrogen-bond donors (Lipinski definition) is 1. The van der Waals surface area contributed by atoms with E-state index in [9.17, 15) is 14.4 Å². The van der Waals surface area contributed by atoms with Gasteiger partial charge in [-0.05, 0) is 64.1 Å². The minimum atomic E-state index is -0.427. The van der Waals surface area contributed by atoms with Crippen molar-refractivity contribution < 1.29 is 14.4 Å². The molecule has 0 aliphatic carbocycles. The minimum Gasteiger partial charge on any atom is -0.325 e. The number of anilines is 2. The molecule has 6 aromatic rings. The Morgan fingerprint density at radius 3 is 1.29 bits per heavy atom. The van der Waals surface area contributed by atoms with E-state index in [0.29, 0.717) is 12.1 Å². The molecule has 0 atom stereocenters. The number of rotatable bonds is 11. The lowest BCUT2D eigenvalue weighted by Crippen LogP contribution is -2.39. The van der Waals surface area contributed by atoms with Gasteiger partial charge in [0.25, 0.3) is 0 Å². The van der Waals surface area contributed by atoms with Crippen molar-refractivity contribution >= 4 is 29.1 Å². The van der Waals surface area contributed by atoms with E-state index < -0.39 is 5.92 Å². The van der Waals surface area contributed by atoms with Crippen molar-refractivity contribution in [2.24, 2.45) is 0 Å². The number of nitrogens with zero attached hydrogens (tertiary/aromatic N) is 1. The standard InChI is InChI=1S/C43H36N2O3/c46-40(30-32-13-5-1-6-14-32)45(41(47)31-33-15-7-2-8-16-33)39-27-23-35(24-28-39)29-34-21-25-38(26-22-34)44-43(48)42(36-17-9-3-10-18-36)37-19-11-4-12-20-37/h1-28,42H,29-31H2,(H,44,48). The Hall–Kier alpha value is -6.07. The molecule has 5 heteroatoms. The quantitative estimate of drug-likeness (QED) is 0.157. The van der Waals surface area contributed by atoms with Gasteiger partial charge < -0.3 is 5.32 Å². The predicted octanol–water partition coefficient (Wildman–Crippen LogP) is 8.39. The van der Waals surface area contributed by atoms with E-state index in [1.54, 1.807) is 0 Å². The van der Waals surface area contributed by atoms with Crippen LogP contribution in [0.3, 0.4) is 0 Å². The lowest BCUT2D eigenvalue weighted by atomic mass is 9.90. The fourth-order valence-corrected chi connectivity index (χ4v) is 5.83. The Balaban J connectivity index is 1.14. The van der Waals surface area contributed by atoms with Crippen LogP contribution in [-0.4, -0.2) is 17.7 Å². The molecule has 0 heterocycles. The summed E-state index contributed by atoms with van der Waals surface area (Å²) in [6.45, 7) is 0. The highest BCUT2D eigenvalue weighted by Gasteiger charge is 2.24. The highest BCUT2D eigenvalue weighted by atomic mass is 16.2. The first-order chi connectivity index (χ1) is 23.5. The molecule has 3 amide bonds. The molecule has 48 heavy (non-hydrogen) atoms. The normalized spacial score (nSPS) is 10.8. The molecule has 6 aromatic carbocycles. The van der Waals surface area contributed by atoms with Crippen molar-refractivity contribution in [2.75, 3.05) is 10.2 Å². The Morgan fingerprint density at radius 2 is 0.854 bits per heavy atom. The molecule has 0 unspecified atom stereocenters. The Morgan fingerprint density at radius 1 is 0.458 bits per heavy atom. The summed E-state index contributed by atoms with van der Waals surface area (Å²) in [7, 11) is 0. The van der Waals surface area contributed by atoms with E-state index in [-0.39, 0.29) is 30.6 Å². The van der Waals surface area contributed by atoms with Gasteiger partial charge in [-0.3, -0.25) is 19.3 Å². The van der Waals surface area contributed by atoms with Gasteiger partial charge in [0.1, 0.15) is 0 Å². The van der Waals surface area contributed by atoms with Crippen LogP contribution in [0.15, 0.2) is 170 Å². The molecule has 0 aliphatic heterocycles. The molecule has 0 radical (unpaired) electrons. The van der Waals surface area contributed by atoms with Gasteiger partial charge in [0.15, 0.2) is 0 Å². The van der Waals surface area contributed by atoms with Crippen LogP contribution in [0.25, 0.3) is 0 Å². The SMILES string of the molecule is O=C(Nc1ccc(Cc2ccc(N(C(=O)Cc3ccccc3)C(=O)Cc3ccccc3)cc2)cc1)C(c1ccccc1)c1ccccc1. The fraction of sp³-hybridized carbons (Fsp3) is 0.0930. The third-order valence-corrected chi connectivity index (χ3v) is 8.25. The third kappa shape index (κ3) is 8.20. The Kier molecular flexibility index (Phi) is 10.3. The Bertz CT molecular complexity index is 1850. The Labute approximate surface area is 281 Å². The highest BCUT2D eigenvalue weighted by molar-refractivity contribution is 6.15. The fourth-order valence-electron chi connectivity index (χ4n) is 5.83. The van der Waals surface area contributed by atoms with E-state index in [1.165, 1.54) is 4.90 Å². The summed E-state index contributed by atoms with van der Waals surface area (Å²) in [6, 6.07) is 53.9.